The van der Waals surface area contributed by atoms with Crippen molar-refractivity contribution in [3.05, 3.63) is 26.3 Å². The minimum Gasteiger partial charge on any atom is -0.329 e. The molecule has 84 valence electrons. The van der Waals surface area contributed by atoms with Gasteiger partial charge in [0, 0.05) is 27.2 Å². The molecule has 0 unspecified atom stereocenters. The molecule has 0 radical (unpaired) electrons. The second kappa shape index (κ2) is 3.91. The van der Waals surface area contributed by atoms with Crippen molar-refractivity contribution < 1.29 is 0 Å². The highest BCUT2D eigenvalue weighted by molar-refractivity contribution is 9.10. The number of aromatic nitrogens is 1. The molecule has 0 atom stereocenters. The summed E-state index contributed by atoms with van der Waals surface area (Å²) in [6.07, 6.45) is 2.40. The highest BCUT2D eigenvalue weighted by Gasteiger charge is 2.45. The monoisotopic (exact) mass is 314 g/mol. The van der Waals surface area contributed by atoms with E-state index in [9.17, 15) is 0 Å². The minimum absolute atomic E-state index is 0.220. The Morgan fingerprint density at radius 2 is 2.19 bits per heavy atom. The molecule has 0 aromatic carbocycles. The largest absolute Gasteiger partial charge is 0.329 e. The van der Waals surface area contributed by atoms with Crippen molar-refractivity contribution in [2.75, 3.05) is 6.54 Å². The zero-order chi connectivity index (χ0) is 11.2. The number of rotatable bonds is 3. The van der Waals surface area contributed by atoms with Gasteiger partial charge in [-0.25, -0.2) is 4.98 Å². The first-order valence-corrected chi connectivity index (χ1v) is 7.69. The summed E-state index contributed by atoms with van der Waals surface area (Å²) < 4.78 is 1.13. The van der Waals surface area contributed by atoms with Crippen molar-refractivity contribution in [2.45, 2.75) is 18.3 Å². The van der Waals surface area contributed by atoms with E-state index < -0.39 is 0 Å². The zero-order valence-electron chi connectivity index (χ0n) is 8.57. The summed E-state index contributed by atoms with van der Waals surface area (Å²) in [6, 6.07) is 2.12. The van der Waals surface area contributed by atoms with Gasteiger partial charge in [-0.3, -0.25) is 0 Å². The first-order valence-electron chi connectivity index (χ1n) is 5.14. The van der Waals surface area contributed by atoms with Gasteiger partial charge in [0.25, 0.3) is 0 Å². The summed E-state index contributed by atoms with van der Waals surface area (Å²) in [5.74, 6) is 0. The Morgan fingerprint density at radius 1 is 1.38 bits per heavy atom. The van der Waals surface area contributed by atoms with Crippen molar-refractivity contribution in [3.8, 4) is 10.6 Å². The first kappa shape index (κ1) is 10.9. The summed E-state index contributed by atoms with van der Waals surface area (Å²) in [4.78, 5) is 5.95. The fourth-order valence-corrected chi connectivity index (χ4v) is 4.29. The molecule has 1 aliphatic rings. The summed E-state index contributed by atoms with van der Waals surface area (Å²) in [6.45, 7) is 0.730. The maximum Gasteiger partial charge on any atom is 0.101 e. The summed E-state index contributed by atoms with van der Waals surface area (Å²) in [5.41, 5.74) is 7.13. The number of halogens is 1. The van der Waals surface area contributed by atoms with E-state index in [-0.39, 0.29) is 5.41 Å². The molecule has 2 N–H and O–H groups in total. The molecule has 2 nitrogen and oxygen atoms in total. The molecule has 0 amide bonds. The number of nitrogens with zero attached hydrogens (tertiary/aromatic N) is 1. The molecule has 0 spiro atoms. The molecule has 3 rings (SSSR count). The van der Waals surface area contributed by atoms with E-state index in [4.69, 9.17) is 10.7 Å². The maximum atomic E-state index is 5.81. The van der Waals surface area contributed by atoms with Gasteiger partial charge in [-0.1, -0.05) is 0 Å². The Kier molecular flexibility index (Phi) is 2.66. The SMILES string of the molecule is NCC1(c2nc(-c3cc(Br)cs3)cs2)CC1. The van der Waals surface area contributed by atoms with Crippen molar-refractivity contribution >= 4 is 38.6 Å². The van der Waals surface area contributed by atoms with E-state index >= 15 is 0 Å². The lowest BCUT2D eigenvalue weighted by Gasteiger charge is -2.06. The van der Waals surface area contributed by atoms with Crippen LogP contribution in [0, 0.1) is 0 Å². The Bertz CT molecular complexity index is 514. The zero-order valence-corrected chi connectivity index (χ0v) is 11.8. The van der Waals surface area contributed by atoms with Crippen LogP contribution in [0.1, 0.15) is 17.8 Å². The first-order chi connectivity index (χ1) is 7.73. The van der Waals surface area contributed by atoms with E-state index in [1.807, 2.05) is 0 Å². The van der Waals surface area contributed by atoms with E-state index in [1.54, 1.807) is 22.7 Å². The van der Waals surface area contributed by atoms with Crippen LogP contribution in [0.5, 0.6) is 0 Å². The molecule has 0 aliphatic heterocycles. The molecule has 5 heteroatoms. The van der Waals surface area contributed by atoms with E-state index in [2.05, 4.69) is 32.8 Å². The molecule has 1 fully saturated rings. The fourth-order valence-electron chi connectivity index (χ4n) is 1.73. The second-order valence-corrected chi connectivity index (χ2v) is 6.84. The molecular formula is C11H11BrN2S2. The Balaban J connectivity index is 1.94. The van der Waals surface area contributed by atoms with Gasteiger partial charge in [0.1, 0.15) is 5.01 Å². The van der Waals surface area contributed by atoms with Gasteiger partial charge in [0.05, 0.1) is 10.6 Å². The highest BCUT2D eigenvalue weighted by atomic mass is 79.9. The predicted molar refractivity (Wildman–Crippen MR) is 73.1 cm³/mol. The third-order valence-corrected chi connectivity index (χ3v) is 5.82. The lowest BCUT2D eigenvalue weighted by atomic mass is 10.1. The molecule has 2 heterocycles. The quantitative estimate of drug-likeness (QED) is 0.939. The van der Waals surface area contributed by atoms with E-state index in [1.165, 1.54) is 22.7 Å². The highest BCUT2D eigenvalue weighted by Crippen LogP contribution is 2.49. The van der Waals surface area contributed by atoms with Crippen LogP contribution >= 0.6 is 38.6 Å². The molecule has 2 aromatic rings. The van der Waals surface area contributed by atoms with Crippen molar-refractivity contribution in [1.82, 2.24) is 4.98 Å². The van der Waals surface area contributed by atoms with Gasteiger partial charge < -0.3 is 5.73 Å². The van der Waals surface area contributed by atoms with Crippen molar-refractivity contribution in [2.24, 2.45) is 5.73 Å². The second-order valence-electron chi connectivity index (χ2n) is 4.15. The van der Waals surface area contributed by atoms with Crippen LogP contribution in [0.15, 0.2) is 21.3 Å². The summed E-state index contributed by atoms with van der Waals surface area (Å²) >= 11 is 6.94. The van der Waals surface area contributed by atoms with E-state index in [0.29, 0.717) is 0 Å². The molecular weight excluding hydrogens is 304 g/mol. The lowest BCUT2D eigenvalue weighted by molar-refractivity contribution is 0.698. The van der Waals surface area contributed by atoms with Crippen LogP contribution in [-0.4, -0.2) is 11.5 Å². The standard InChI is InChI=1S/C11H11BrN2S2/c12-7-3-9(15-4-7)8-5-16-10(14-8)11(6-13)1-2-11/h3-5H,1-2,6,13H2. The van der Waals surface area contributed by atoms with Gasteiger partial charge in [-0.2, -0.15) is 0 Å². The van der Waals surface area contributed by atoms with Crippen LogP contribution in [0.4, 0.5) is 0 Å². The molecule has 0 bridgehead atoms. The Morgan fingerprint density at radius 3 is 2.75 bits per heavy atom. The van der Waals surface area contributed by atoms with Gasteiger partial charge >= 0.3 is 0 Å². The number of nitrogens with two attached hydrogens (primary N) is 1. The average Bonchev–Trinajstić information content (AvgIpc) is 2.74. The average molecular weight is 315 g/mol. The lowest BCUT2D eigenvalue weighted by Crippen LogP contribution is -2.19. The third-order valence-electron chi connectivity index (χ3n) is 3.02. The molecule has 2 aromatic heterocycles. The normalized spacial score (nSPS) is 17.6. The Hall–Kier alpha value is -0.230. The molecule has 16 heavy (non-hydrogen) atoms. The van der Waals surface area contributed by atoms with Gasteiger partial charge in [-0.05, 0) is 34.8 Å². The number of thiophene rings is 1. The number of hydrogen-bond acceptors (Lipinski definition) is 4. The van der Waals surface area contributed by atoms with Gasteiger partial charge in [-0.15, -0.1) is 22.7 Å². The molecule has 1 saturated carbocycles. The van der Waals surface area contributed by atoms with Crippen molar-refractivity contribution in [1.29, 1.82) is 0 Å². The fraction of sp³-hybridized carbons (Fsp3) is 0.364. The molecule has 0 saturated heterocycles. The van der Waals surface area contributed by atoms with Gasteiger partial charge in [0.2, 0.25) is 0 Å². The van der Waals surface area contributed by atoms with Crippen LogP contribution in [-0.2, 0) is 5.41 Å². The van der Waals surface area contributed by atoms with Crippen LogP contribution in [0.3, 0.4) is 0 Å². The number of thiazole rings is 1. The number of hydrogen-bond donors (Lipinski definition) is 1. The third kappa shape index (κ3) is 1.76. The van der Waals surface area contributed by atoms with Gasteiger partial charge in [0.15, 0.2) is 0 Å². The Labute approximate surface area is 111 Å². The predicted octanol–water partition coefficient (Wildman–Crippen LogP) is 3.62. The van der Waals surface area contributed by atoms with Crippen LogP contribution < -0.4 is 5.73 Å². The van der Waals surface area contributed by atoms with E-state index in [0.717, 1.165) is 16.7 Å². The molecule has 1 aliphatic carbocycles. The van der Waals surface area contributed by atoms with Crippen LogP contribution in [0.2, 0.25) is 0 Å². The van der Waals surface area contributed by atoms with Crippen LogP contribution in [0.25, 0.3) is 10.6 Å². The summed E-state index contributed by atoms with van der Waals surface area (Å²) in [5, 5.41) is 5.45. The summed E-state index contributed by atoms with van der Waals surface area (Å²) in [7, 11) is 0. The topological polar surface area (TPSA) is 38.9 Å². The van der Waals surface area contributed by atoms with Crippen molar-refractivity contribution in [3.63, 3.8) is 0 Å². The maximum absolute atomic E-state index is 5.81. The minimum atomic E-state index is 0.220. The smallest absolute Gasteiger partial charge is 0.101 e.